The molecule has 0 fully saturated rings. The Labute approximate surface area is 143 Å². The zero-order valence-corrected chi connectivity index (χ0v) is 13.5. The number of carbonyl (C=O) groups excluding carboxylic acids is 2. The Morgan fingerprint density at radius 3 is 2.16 bits per heavy atom. The van der Waals surface area contributed by atoms with Gasteiger partial charge in [-0.2, -0.15) is 0 Å². The smallest absolute Gasteiger partial charge is 0.311 e. The molecule has 2 rings (SSSR count). The number of ether oxygens (including phenoxy) is 3. The molecule has 0 saturated carbocycles. The normalized spacial score (nSPS) is 10.2. The number of carbonyl (C=O) groups is 2. The first-order valence-corrected chi connectivity index (χ1v) is 7.49. The van der Waals surface area contributed by atoms with Crippen molar-refractivity contribution in [3.05, 3.63) is 54.1 Å². The quantitative estimate of drug-likeness (QED) is 0.563. The van der Waals surface area contributed by atoms with E-state index in [2.05, 4.69) is 0 Å². The minimum absolute atomic E-state index is 0.0626. The number of hydrogen-bond acceptors (Lipinski definition) is 5. The third-order valence-electron chi connectivity index (χ3n) is 3.17. The van der Waals surface area contributed by atoms with Gasteiger partial charge >= 0.3 is 11.9 Å². The fourth-order valence-corrected chi connectivity index (χ4v) is 1.98. The van der Waals surface area contributed by atoms with Crippen LogP contribution in [0.4, 0.5) is 8.78 Å². The van der Waals surface area contributed by atoms with Gasteiger partial charge in [-0.1, -0.05) is 12.1 Å². The number of esters is 2. The second-order valence-electron chi connectivity index (χ2n) is 5.03. The Bertz CT molecular complexity index is 761. The van der Waals surface area contributed by atoms with E-state index in [1.54, 1.807) is 6.07 Å². The highest BCUT2D eigenvalue weighted by molar-refractivity contribution is 5.75. The molecule has 0 spiro atoms. The molecule has 0 aliphatic rings. The predicted octanol–water partition coefficient (Wildman–Crippen LogP) is 3.65. The second kappa shape index (κ2) is 8.77. The van der Waals surface area contributed by atoms with Crippen LogP contribution in [0.5, 0.6) is 17.2 Å². The fraction of sp³-hybridized carbons (Fsp3) is 0.222. The first-order chi connectivity index (χ1) is 12.0. The lowest BCUT2D eigenvalue weighted by atomic mass is 10.2. The predicted molar refractivity (Wildman–Crippen MR) is 84.5 cm³/mol. The number of rotatable bonds is 7. The molecule has 5 nitrogen and oxygen atoms in total. The van der Waals surface area contributed by atoms with Crippen molar-refractivity contribution in [3.8, 4) is 17.2 Å². The molecular weight excluding hydrogens is 334 g/mol. The third kappa shape index (κ3) is 5.56. The molecule has 0 N–H and O–H groups in total. The van der Waals surface area contributed by atoms with Gasteiger partial charge < -0.3 is 14.2 Å². The van der Waals surface area contributed by atoms with Crippen LogP contribution in [-0.4, -0.2) is 19.0 Å². The van der Waals surface area contributed by atoms with Crippen LogP contribution in [-0.2, 0) is 9.59 Å². The zero-order chi connectivity index (χ0) is 18.2. The SMILES string of the molecule is COc1cc(F)ccc1OC(=O)CCCC(=O)Oc1ccccc1F. The van der Waals surface area contributed by atoms with Gasteiger partial charge in [0.15, 0.2) is 23.1 Å². The van der Waals surface area contributed by atoms with E-state index in [1.807, 2.05) is 0 Å². The maximum atomic E-state index is 13.4. The van der Waals surface area contributed by atoms with Gasteiger partial charge in [0.05, 0.1) is 7.11 Å². The summed E-state index contributed by atoms with van der Waals surface area (Å²) in [6, 6.07) is 9.04. The van der Waals surface area contributed by atoms with E-state index in [9.17, 15) is 18.4 Å². The van der Waals surface area contributed by atoms with Crippen molar-refractivity contribution in [1.29, 1.82) is 0 Å². The molecule has 0 bridgehead atoms. The monoisotopic (exact) mass is 350 g/mol. The lowest BCUT2D eigenvalue weighted by molar-refractivity contribution is -0.136. The topological polar surface area (TPSA) is 61.8 Å². The molecule has 0 atom stereocenters. The Balaban J connectivity index is 1.79. The molecule has 0 aliphatic carbocycles. The lowest BCUT2D eigenvalue weighted by Gasteiger charge is -2.09. The molecule has 0 amide bonds. The molecule has 0 aliphatic heterocycles. The minimum atomic E-state index is -0.655. The molecule has 2 aromatic carbocycles. The molecule has 0 aromatic heterocycles. The summed E-state index contributed by atoms with van der Waals surface area (Å²) in [7, 11) is 1.32. The van der Waals surface area contributed by atoms with Crippen molar-refractivity contribution in [3.63, 3.8) is 0 Å². The Hall–Kier alpha value is -2.96. The van der Waals surface area contributed by atoms with E-state index >= 15 is 0 Å². The standard InChI is InChI=1S/C18H16F2O5/c1-23-16-11-12(19)9-10-15(16)25-18(22)8-4-7-17(21)24-14-6-3-2-5-13(14)20/h2-3,5-6,9-11H,4,7-8H2,1H3. The highest BCUT2D eigenvalue weighted by Crippen LogP contribution is 2.28. The summed E-state index contributed by atoms with van der Waals surface area (Å²) >= 11 is 0. The Kier molecular flexibility index (Phi) is 6.45. The van der Waals surface area contributed by atoms with Crippen molar-refractivity contribution in [1.82, 2.24) is 0 Å². The average Bonchev–Trinajstić information content (AvgIpc) is 2.58. The molecule has 7 heteroatoms. The van der Waals surface area contributed by atoms with E-state index in [4.69, 9.17) is 14.2 Å². The maximum Gasteiger partial charge on any atom is 0.311 e. The van der Waals surface area contributed by atoms with Crippen LogP contribution in [0, 0.1) is 11.6 Å². The minimum Gasteiger partial charge on any atom is -0.493 e. The van der Waals surface area contributed by atoms with Gasteiger partial charge in [0.25, 0.3) is 0 Å². The second-order valence-corrected chi connectivity index (χ2v) is 5.03. The van der Waals surface area contributed by atoms with Crippen LogP contribution in [0.25, 0.3) is 0 Å². The fourth-order valence-electron chi connectivity index (χ4n) is 1.98. The number of halogens is 2. The number of hydrogen-bond donors (Lipinski definition) is 0. The maximum absolute atomic E-state index is 13.4. The van der Waals surface area contributed by atoms with Crippen LogP contribution in [0.3, 0.4) is 0 Å². The van der Waals surface area contributed by atoms with Crippen molar-refractivity contribution in [2.24, 2.45) is 0 Å². The van der Waals surface area contributed by atoms with Crippen LogP contribution >= 0.6 is 0 Å². The molecule has 0 heterocycles. The Morgan fingerprint density at radius 2 is 1.52 bits per heavy atom. The summed E-state index contributed by atoms with van der Waals surface area (Å²) in [6.07, 6.45) is 0.0204. The first kappa shape index (κ1) is 18.4. The average molecular weight is 350 g/mol. The summed E-state index contributed by atoms with van der Waals surface area (Å²) in [5.74, 6) is -2.41. The summed E-state index contributed by atoms with van der Waals surface area (Å²) < 4.78 is 41.3. The van der Waals surface area contributed by atoms with Gasteiger partial charge in [-0.3, -0.25) is 9.59 Å². The van der Waals surface area contributed by atoms with Gasteiger partial charge in [-0.05, 0) is 30.7 Å². The van der Waals surface area contributed by atoms with Gasteiger partial charge in [0, 0.05) is 18.9 Å². The molecule has 0 unspecified atom stereocenters. The van der Waals surface area contributed by atoms with Gasteiger partial charge in [-0.15, -0.1) is 0 Å². The molecule has 0 saturated heterocycles. The Morgan fingerprint density at radius 1 is 0.880 bits per heavy atom. The van der Waals surface area contributed by atoms with Gasteiger partial charge in [0.2, 0.25) is 0 Å². The molecule has 2 aromatic rings. The van der Waals surface area contributed by atoms with Crippen LogP contribution in [0.2, 0.25) is 0 Å². The van der Waals surface area contributed by atoms with Gasteiger partial charge in [-0.25, -0.2) is 8.78 Å². The largest absolute Gasteiger partial charge is 0.493 e. The van der Waals surface area contributed by atoms with E-state index in [0.717, 1.165) is 12.1 Å². The summed E-state index contributed by atoms with van der Waals surface area (Å²) in [5.41, 5.74) is 0. The third-order valence-corrected chi connectivity index (χ3v) is 3.17. The van der Waals surface area contributed by atoms with Crippen molar-refractivity contribution < 1.29 is 32.6 Å². The van der Waals surface area contributed by atoms with Crippen molar-refractivity contribution in [2.75, 3.05) is 7.11 Å². The molecule has 132 valence electrons. The van der Waals surface area contributed by atoms with E-state index in [0.29, 0.717) is 0 Å². The van der Waals surface area contributed by atoms with Crippen LogP contribution in [0.1, 0.15) is 19.3 Å². The summed E-state index contributed by atoms with van der Waals surface area (Å²) in [4.78, 5) is 23.4. The molecular formula is C18H16F2O5. The number of methoxy groups -OCH3 is 1. The molecule has 25 heavy (non-hydrogen) atoms. The zero-order valence-electron chi connectivity index (χ0n) is 13.5. The van der Waals surface area contributed by atoms with E-state index < -0.39 is 23.6 Å². The summed E-state index contributed by atoms with van der Waals surface area (Å²) in [6.45, 7) is 0. The molecule has 0 radical (unpaired) electrons. The lowest BCUT2D eigenvalue weighted by Crippen LogP contribution is -2.12. The highest BCUT2D eigenvalue weighted by atomic mass is 19.1. The van der Waals surface area contributed by atoms with Crippen molar-refractivity contribution in [2.45, 2.75) is 19.3 Å². The number of para-hydroxylation sites is 1. The van der Waals surface area contributed by atoms with E-state index in [1.165, 1.54) is 31.4 Å². The van der Waals surface area contributed by atoms with Crippen LogP contribution < -0.4 is 14.2 Å². The van der Waals surface area contributed by atoms with Crippen LogP contribution in [0.15, 0.2) is 42.5 Å². The first-order valence-electron chi connectivity index (χ1n) is 7.49. The summed E-state index contributed by atoms with van der Waals surface area (Å²) in [5, 5.41) is 0. The highest BCUT2D eigenvalue weighted by Gasteiger charge is 2.13. The number of benzene rings is 2. The van der Waals surface area contributed by atoms with E-state index in [-0.39, 0.29) is 36.5 Å². The van der Waals surface area contributed by atoms with Crippen molar-refractivity contribution >= 4 is 11.9 Å². The van der Waals surface area contributed by atoms with Gasteiger partial charge in [0.1, 0.15) is 5.82 Å².